The third-order valence-corrected chi connectivity index (χ3v) is 3.06. The first kappa shape index (κ1) is 11.9. The van der Waals surface area contributed by atoms with Crippen LogP contribution in [0.5, 0.6) is 0 Å². The molecular formula is C14H10N6. The fourth-order valence-corrected chi connectivity index (χ4v) is 2.04. The van der Waals surface area contributed by atoms with Gasteiger partial charge in [0.15, 0.2) is 0 Å². The molecule has 0 unspecified atom stereocenters. The highest BCUT2D eigenvalue weighted by molar-refractivity contribution is 5.67. The molecule has 6 heteroatoms. The second kappa shape index (κ2) is 4.87. The van der Waals surface area contributed by atoms with Gasteiger partial charge < -0.3 is 0 Å². The molecule has 0 aliphatic carbocycles. The predicted molar refractivity (Wildman–Crippen MR) is 71.4 cm³/mol. The quantitative estimate of drug-likeness (QED) is 0.722. The van der Waals surface area contributed by atoms with Crippen molar-refractivity contribution in [3.05, 3.63) is 42.5 Å². The summed E-state index contributed by atoms with van der Waals surface area (Å²) < 4.78 is 3.42. The minimum Gasteiger partial charge on any atom is -0.271 e. The number of rotatable bonds is 3. The van der Waals surface area contributed by atoms with Gasteiger partial charge in [-0.1, -0.05) is 6.07 Å². The van der Waals surface area contributed by atoms with Crippen LogP contribution >= 0.6 is 0 Å². The molecule has 0 aromatic carbocycles. The Morgan fingerprint density at radius 1 is 1.05 bits per heavy atom. The van der Waals surface area contributed by atoms with Crippen LogP contribution in [0.4, 0.5) is 0 Å². The van der Waals surface area contributed by atoms with Gasteiger partial charge in [-0.2, -0.15) is 20.7 Å². The molecule has 3 aromatic heterocycles. The number of nitriles is 2. The first-order valence-corrected chi connectivity index (χ1v) is 6.09. The van der Waals surface area contributed by atoms with E-state index in [1.165, 1.54) is 0 Å². The number of nitrogens with zero attached hydrogens (tertiary/aromatic N) is 6. The standard InChI is InChI=1S/C14H10N6/c15-4-1-5-19-9-13(8-17-19)11-2-3-14-12(6-16)7-18-20(14)10-11/h2-3,7-10H,1,5H2. The molecule has 0 atom stereocenters. The highest BCUT2D eigenvalue weighted by atomic mass is 15.3. The molecule has 3 rings (SSSR count). The maximum absolute atomic E-state index is 8.95. The van der Waals surface area contributed by atoms with Gasteiger partial charge in [-0.25, -0.2) is 4.52 Å². The van der Waals surface area contributed by atoms with E-state index in [0.29, 0.717) is 18.5 Å². The molecule has 0 aliphatic rings. The van der Waals surface area contributed by atoms with Gasteiger partial charge in [0.1, 0.15) is 6.07 Å². The molecule has 0 bridgehead atoms. The summed E-state index contributed by atoms with van der Waals surface area (Å²) in [5.41, 5.74) is 3.27. The lowest BCUT2D eigenvalue weighted by atomic mass is 10.1. The summed E-state index contributed by atoms with van der Waals surface area (Å²) in [5, 5.41) is 25.9. The van der Waals surface area contributed by atoms with Gasteiger partial charge in [0, 0.05) is 23.5 Å². The van der Waals surface area contributed by atoms with Crippen molar-refractivity contribution in [1.82, 2.24) is 19.4 Å². The first-order chi connectivity index (χ1) is 9.81. The van der Waals surface area contributed by atoms with Gasteiger partial charge in [-0.05, 0) is 6.07 Å². The summed E-state index contributed by atoms with van der Waals surface area (Å²) >= 11 is 0. The minimum atomic E-state index is 0.435. The van der Waals surface area contributed by atoms with E-state index >= 15 is 0 Å². The number of hydrogen-bond donors (Lipinski definition) is 0. The Balaban J connectivity index is 1.96. The van der Waals surface area contributed by atoms with Crippen molar-refractivity contribution in [2.45, 2.75) is 13.0 Å². The van der Waals surface area contributed by atoms with Crippen LogP contribution in [-0.4, -0.2) is 19.4 Å². The Hall–Kier alpha value is -3.12. The van der Waals surface area contributed by atoms with Crippen molar-refractivity contribution in [2.75, 3.05) is 0 Å². The van der Waals surface area contributed by atoms with Gasteiger partial charge in [-0.3, -0.25) is 4.68 Å². The van der Waals surface area contributed by atoms with E-state index in [2.05, 4.69) is 22.3 Å². The van der Waals surface area contributed by atoms with Gasteiger partial charge in [-0.15, -0.1) is 0 Å². The molecule has 0 fully saturated rings. The smallest absolute Gasteiger partial charge is 0.103 e. The largest absolute Gasteiger partial charge is 0.271 e. The molecule has 0 spiro atoms. The first-order valence-electron chi connectivity index (χ1n) is 6.09. The predicted octanol–water partition coefficient (Wildman–Crippen LogP) is 1.98. The number of aromatic nitrogens is 4. The fourth-order valence-electron chi connectivity index (χ4n) is 2.04. The van der Waals surface area contributed by atoms with Crippen molar-refractivity contribution in [2.24, 2.45) is 0 Å². The van der Waals surface area contributed by atoms with Crippen LogP contribution in [0.2, 0.25) is 0 Å². The van der Waals surface area contributed by atoms with Crippen LogP contribution in [0.3, 0.4) is 0 Å². The molecule has 20 heavy (non-hydrogen) atoms. The SMILES string of the molecule is N#CCCn1cc(-c2ccc3c(C#N)cnn3c2)cn1. The van der Waals surface area contributed by atoms with Crippen molar-refractivity contribution >= 4 is 5.52 Å². The number of fused-ring (bicyclic) bond motifs is 1. The normalized spacial score (nSPS) is 10.3. The topological polar surface area (TPSA) is 82.7 Å². The molecule has 3 heterocycles. The molecule has 6 nitrogen and oxygen atoms in total. The summed E-state index contributed by atoms with van der Waals surface area (Å²) in [6.45, 7) is 0.582. The summed E-state index contributed by atoms with van der Waals surface area (Å²) in [5.74, 6) is 0. The molecule has 0 radical (unpaired) electrons. The van der Waals surface area contributed by atoms with Crippen molar-refractivity contribution in [3.8, 4) is 23.3 Å². The number of pyridine rings is 1. The lowest BCUT2D eigenvalue weighted by Crippen LogP contribution is -1.96. The van der Waals surface area contributed by atoms with Gasteiger partial charge in [0.05, 0.1) is 42.5 Å². The van der Waals surface area contributed by atoms with E-state index in [0.717, 1.165) is 16.6 Å². The minimum absolute atomic E-state index is 0.435. The zero-order chi connectivity index (χ0) is 13.9. The molecule has 0 aliphatic heterocycles. The lowest BCUT2D eigenvalue weighted by molar-refractivity contribution is 0.628. The molecule has 0 saturated heterocycles. The Bertz CT molecular complexity index is 843. The van der Waals surface area contributed by atoms with Crippen molar-refractivity contribution < 1.29 is 0 Å². The summed E-state index contributed by atoms with van der Waals surface area (Å²) in [6.07, 6.45) is 7.50. The summed E-state index contributed by atoms with van der Waals surface area (Å²) in [6, 6.07) is 8.00. The van der Waals surface area contributed by atoms with Crippen LogP contribution in [0.1, 0.15) is 12.0 Å². The van der Waals surface area contributed by atoms with E-state index in [9.17, 15) is 0 Å². The maximum atomic E-state index is 8.95. The van der Waals surface area contributed by atoms with Gasteiger partial charge >= 0.3 is 0 Å². The monoisotopic (exact) mass is 262 g/mol. The highest BCUT2D eigenvalue weighted by Gasteiger charge is 2.06. The molecular weight excluding hydrogens is 252 g/mol. The average molecular weight is 262 g/mol. The molecule has 3 aromatic rings. The van der Waals surface area contributed by atoms with E-state index < -0.39 is 0 Å². The molecule has 0 amide bonds. The lowest BCUT2D eigenvalue weighted by Gasteiger charge is -1.99. The zero-order valence-corrected chi connectivity index (χ0v) is 10.6. The van der Waals surface area contributed by atoms with E-state index in [-0.39, 0.29) is 0 Å². The third kappa shape index (κ3) is 2.00. The molecule has 96 valence electrons. The Kier molecular flexibility index (Phi) is 2.91. The van der Waals surface area contributed by atoms with Crippen LogP contribution in [0.25, 0.3) is 16.6 Å². The third-order valence-electron chi connectivity index (χ3n) is 3.06. The van der Waals surface area contributed by atoms with E-state index in [4.69, 9.17) is 10.5 Å². The maximum Gasteiger partial charge on any atom is 0.103 e. The number of hydrogen-bond acceptors (Lipinski definition) is 4. The van der Waals surface area contributed by atoms with Gasteiger partial charge in [0.2, 0.25) is 0 Å². The Labute approximate surface area is 115 Å². The summed E-state index contributed by atoms with van der Waals surface area (Å²) in [7, 11) is 0. The van der Waals surface area contributed by atoms with Crippen LogP contribution in [-0.2, 0) is 6.54 Å². The van der Waals surface area contributed by atoms with Crippen LogP contribution in [0, 0.1) is 22.7 Å². The number of aryl methyl sites for hydroxylation is 1. The Morgan fingerprint density at radius 3 is 2.75 bits per heavy atom. The highest BCUT2D eigenvalue weighted by Crippen LogP contribution is 2.20. The second-order valence-electron chi connectivity index (χ2n) is 4.32. The van der Waals surface area contributed by atoms with Gasteiger partial charge in [0.25, 0.3) is 0 Å². The molecule has 0 saturated carbocycles. The Morgan fingerprint density at radius 2 is 1.95 bits per heavy atom. The van der Waals surface area contributed by atoms with Crippen molar-refractivity contribution in [3.63, 3.8) is 0 Å². The second-order valence-corrected chi connectivity index (χ2v) is 4.32. The van der Waals surface area contributed by atoms with E-state index in [1.807, 2.05) is 24.5 Å². The summed E-state index contributed by atoms with van der Waals surface area (Å²) in [4.78, 5) is 0. The fraction of sp³-hybridized carbons (Fsp3) is 0.143. The van der Waals surface area contributed by atoms with E-state index in [1.54, 1.807) is 21.6 Å². The average Bonchev–Trinajstić information content (AvgIpc) is 3.10. The zero-order valence-electron chi connectivity index (χ0n) is 10.6. The van der Waals surface area contributed by atoms with Crippen LogP contribution in [0.15, 0.2) is 36.9 Å². The van der Waals surface area contributed by atoms with Crippen LogP contribution < -0.4 is 0 Å². The molecule has 0 N–H and O–H groups in total. The van der Waals surface area contributed by atoms with Crippen molar-refractivity contribution in [1.29, 1.82) is 10.5 Å².